The first kappa shape index (κ1) is 18.5. The molecule has 3 N–H and O–H groups in total. The van der Waals surface area contributed by atoms with Gasteiger partial charge in [-0.2, -0.15) is 0 Å². The first-order valence-corrected chi connectivity index (χ1v) is 8.91. The molecule has 5 heteroatoms. The van der Waals surface area contributed by atoms with E-state index in [0.717, 1.165) is 40.8 Å². The van der Waals surface area contributed by atoms with E-state index in [1.54, 1.807) is 13.2 Å². The van der Waals surface area contributed by atoms with E-state index in [4.69, 9.17) is 14.6 Å². The molecule has 0 amide bonds. The van der Waals surface area contributed by atoms with Crippen molar-refractivity contribution in [3.63, 3.8) is 0 Å². The molecule has 0 unspecified atom stereocenters. The molecule has 0 saturated carbocycles. The maximum Gasteiger partial charge on any atom is 0.160 e. The predicted molar refractivity (Wildman–Crippen MR) is 99.3 cm³/mol. The van der Waals surface area contributed by atoms with Gasteiger partial charge in [-0.15, -0.1) is 0 Å². The van der Waals surface area contributed by atoms with E-state index in [0.29, 0.717) is 12.2 Å². The SMILES string of the molecule is COc1cc([C@H]2Cc3c(OC)cc(CCCO)cc3[C@@H]2CO)ccc1O. The lowest BCUT2D eigenvalue weighted by atomic mass is 9.86. The molecule has 2 aromatic carbocycles. The topological polar surface area (TPSA) is 79.2 Å². The van der Waals surface area contributed by atoms with Crippen molar-refractivity contribution in [3.05, 3.63) is 52.6 Å². The smallest absolute Gasteiger partial charge is 0.160 e. The standard InChI is InChI=1S/C21H26O5/c1-25-20-9-13(4-3-7-22)8-16-17(20)11-15(18(16)12-23)14-5-6-19(24)21(10-14)26-2/h5-6,8-10,15,18,22-24H,3-4,7,11-12H2,1-2H3/t15-,18-/m1/s1. The highest BCUT2D eigenvalue weighted by Crippen LogP contribution is 2.48. The fourth-order valence-corrected chi connectivity index (χ4v) is 3.96. The Balaban J connectivity index is 2.00. The van der Waals surface area contributed by atoms with Crippen LogP contribution in [-0.4, -0.2) is 42.8 Å². The highest BCUT2D eigenvalue weighted by molar-refractivity contribution is 5.53. The number of hydrogen-bond acceptors (Lipinski definition) is 5. The Kier molecular flexibility index (Phi) is 5.69. The zero-order valence-electron chi connectivity index (χ0n) is 15.2. The van der Waals surface area contributed by atoms with Crippen LogP contribution in [0.15, 0.2) is 30.3 Å². The number of rotatable bonds is 7. The molecule has 1 aliphatic rings. The Morgan fingerprint density at radius 2 is 1.81 bits per heavy atom. The van der Waals surface area contributed by atoms with Crippen molar-refractivity contribution >= 4 is 0 Å². The maximum atomic E-state index is 10.1. The second kappa shape index (κ2) is 7.98. The van der Waals surface area contributed by atoms with E-state index < -0.39 is 0 Å². The Labute approximate surface area is 153 Å². The van der Waals surface area contributed by atoms with Gasteiger partial charge in [-0.1, -0.05) is 12.1 Å². The van der Waals surface area contributed by atoms with Crippen LogP contribution >= 0.6 is 0 Å². The lowest BCUT2D eigenvalue weighted by molar-refractivity contribution is 0.254. The number of fused-ring (bicyclic) bond motifs is 1. The average Bonchev–Trinajstić information content (AvgIpc) is 3.04. The highest BCUT2D eigenvalue weighted by Gasteiger charge is 2.35. The Hall–Kier alpha value is -2.24. The first-order chi connectivity index (χ1) is 12.6. The number of phenols is 1. The van der Waals surface area contributed by atoms with Gasteiger partial charge in [0.05, 0.1) is 20.8 Å². The van der Waals surface area contributed by atoms with Gasteiger partial charge in [0.15, 0.2) is 11.5 Å². The zero-order valence-corrected chi connectivity index (χ0v) is 15.2. The van der Waals surface area contributed by atoms with E-state index in [1.807, 2.05) is 18.2 Å². The van der Waals surface area contributed by atoms with Gasteiger partial charge in [-0.3, -0.25) is 0 Å². The van der Waals surface area contributed by atoms with Crippen molar-refractivity contribution in [3.8, 4) is 17.2 Å². The second-order valence-corrected chi connectivity index (χ2v) is 6.72. The van der Waals surface area contributed by atoms with Gasteiger partial charge in [0, 0.05) is 12.5 Å². The Morgan fingerprint density at radius 1 is 1.04 bits per heavy atom. The fraction of sp³-hybridized carbons (Fsp3) is 0.429. The summed E-state index contributed by atoms with van der Waals surface area (Å²) >= 11 is 0. The van der Waals surface area contributed by atoms with E-state index in [1.165, 1.54) is 7.11 Å². The van der Waals surface area contributed by atoms with E-state index in [9.17, 15) is 10.2 Å². The molecule has 0 aliphatic heterocycles. The van der Waals surface area contributed by atoms with E-state index >= 15 is 0 Å². The summed E-state index contributed by atoms with van der Waals surface area (Å²) in [7, 11) is 3.19. The summed E-state index contributed by atoms with van der Waals surface area (Å²) in [4.78, 5) is 0. The summed E-state index contributed by atoms with van der Waals surface area (Å²) < 4.78 is 10.8. The van der Waals surface area contributed by atoms with Gasteiger partial charge in [0.1, 0.15) is 5.75 Å². The van der Waals surface area contributed by atoms with Crippen molar-refractivity contribution in [2.75, 3.05) is 27.4 Å². The summed E-state index contributed by atoms with van der Waals surface area (Å²) in [6, 6.07) is 9.52. The van der Waals surface area contributed by atoms with Crippen molar-refractivity contribution < 1.29 is 24.8 Å². The summed E-state index contributed by atoms with van der Waals surface area (Å²) in [6.07, 6.45) is 2.23. The van der Waals surface area contributed by atoms with Gasteiger partial charge in [0.2, 0.25) is 0 Å². The van der Waals surface area contributed by atoms with Gasteiger partial charge in [-0.05, 0) is 65.6 Å². The number of methoxy groups -OCH3 is 2. The number of ether oxygens (including phenoxy) is 2. The average molecular weight is 358 g/mol. The van der Waals surface area contributed by atoms with Crippen LogP contribution in [0.1, 0.15) is 40.5 Å². The van der Waals surface area contributed by atoms with Crippen molar-refractivity contribution in [2.45, 2.75) is 31.1 Å². The molecule has 1 aliphatic carbocycles. The van der Waals surface area contributed by atoms with Crippen LogP contribution in [-0.2, 0) is 12.8 Å². The molecule has 0 spiro atoms. The van der Waals surface area contributed by atoms with Crippen LogP contribution in [0.25, 0.3) is 0 Å². The molecule has 26 heavy (non-hydrogen) atoms. The summed E-state index contributed by atoms with van der Waals surface area (Å²) in [5, 5.41) is 29.1. The van der Waals surface area contributed by atoms with Crippen LogP contribution in [0.4, 0.5) is 0 Å². The lowest BCUT2D eigenvalue weighted by Gasteiger charge is -2.20. The minimum Gasteiger partial charge on any atom is -0.504 e. The van der Waals surface area contributed by atoms with Crippen LogP contribution in [0.2, 0.25) is 0 Å². The summed E-state index contributed by atoms with van der Waals surface area (Å²) in [5.41, 5.74) is 4.36. The summed E-state index contributed by atoms with van der Waals surface area (Å²) in [5.74, 6) is 1.43. The number of aliphatic hydroxyl groups is 2. The van der Waals surface area contributed by atoms with Gasteiger partial charge in [0.25, 0.3) is 0 Å². The van der Waals surface area contributed by atoms with Crippen LogP contribution in [0.5, 0.6) is 17.2 Å². The van der Waals surface area contributed by atoms with Gasteiger partial charge >= 0.3 is 0 Å². The third-order valence-corrected chi connectivity index (χ3v) is 5.28. The van der Waals surface area contributed by atoms with Crippen LogP contribution in [0.3, 0.4) is 0 Å². The number of aryl methyl sites for hydroxylation is 1. The Morgan fingerprint density at radius 3 is 2.46 bits per heavy atom. The summed E-state index contributed by atoms with van der Waals surface area (Å²) in [6.45, 7) is 0.187. The molecule has 2 atom stereocenters. The zero-order chi connectivity index (χ0) is 18.7. The molecule has 2 aromatic rings. The molecular weight excluding hydrogens is 332 g/mol. The monoisotopic (exact) mass is 358 g/mol. The normalized spacial score (nSPS) is 18.6. The number of benzene rings is 2. The Bertz CT molecular complexity index is 771. The third-order valence-electron chi connectivity index (χ3n) is 5.28. The second-order valence-electron chi connectivity index (χ2n) is 6.72. The van der Waals surface area contributed by atoms with Gasteiger partial charge < -0.3 is 24.8 Å². The van der Waals surface area contributed by atoms with Crippen molar-refractivity contribution in [1.29, 1.82) is 0 Å². The third kappa shape index (κ3) is 3.37. The van der Waals surface area contributed by atoms with Crippen molar-refractivity contribution in [2.24, 2.45) is 0 Å². The number of aromatic hydroxyl groups is 1. The molecule has 0 bridgehead atoms. The van der Waals surface area contributed by atoms with Crippen LogP contribution in [0, 0.1) is 0 Å². The number of aliphatic hydroxyl groups excluding tert-OH is 2. The molecule has 3 rings (SSSR count). The van der Waals surface area contributed by atoms with Crippen LogP contribution < -0.4 is 9.47 Å². The number of phenolic OH excluding ortho intramolecular Hbond substituents is 1. The minimum atomic E-state index is -0.0396. The first-order valence-electron chi connectivity index (χ1n) is 8.91. The molecule has 0 fully saturated rings. The van der Waals surface area contributed by atoms with E-state index in [2.05, 4.69) is 6.07 Å². The van der Waals surface area contributed by atoms with Crippen molar-refractivity contribution in [1.82, 2.24) is 0 Å². The molecule has 0 aromatic heterocycles. The fourth-order valence-electron chi connectivity index (χ4n) is 3.96. The molecular formula is C21H26O5. The molecule has 140 valence electrons. The van der Waals surface area contributed by atoms with Gasteiger partial charge in [-0.25, -0.2) is 0 Å². The lowest BCUT2D eigenvalue weighted by Crippen LogP contribution is -2.10. The molecule has 5 nitrogen and oxygen atoms in total. The minimum absolute atomic E-state index is 0.0352. The quantitative estimate of drug-likeness (QED) is 0.709. The number of hydrogen-bond donors (Lipinski definition) is 3. The largest absolute Gasteiger partial charge is 0.504 e. The van der Waals surface area contributed by atoms with E-state index in [-0.39, 0.29) is 30.8 Å². The molecule has 0 saturated heterocycles. The maximum absolute atomic E-state index is 10.1. The predicted octanol–water partition coefficient (Wildman–Crippen LogP) is 2.75. The molecule has 0 heterocycles. The highest BCUT2D eigenvalue weighted by atomic mass is 16.5. The molecule has 0 radical (unpaired) electrons.